The van der Waals surface area contributed by atoms with Gasteiger partial charge in [-0.05, 0) is 55.1 Å². The van der Waals surface area contributed by atoms with Gasteiger partial charge in [0, 0.05) is 67.3 Å². The van der Waals surface area contributed by atoms with Gasteiger partial charge in [0.2, 0.25) is 5.95 Å². The second-order valence-electron chi connectivity index (χ2n) is 9.22. The van der Waals surface area contributed by atoms with Crippen molar-refractivity contribution in [1.29, 1.82) is 0 Å². The first kappa shape index (κ1) is 21.5. The number of imidazole rings is 1. The van der Waals surface area contributed by atoms with Crippen LogP contribution in [0, 0.1) is 12.3 Å². The van der Waals surface area contributed by atoms with Crippen LogP contribution in [0.1, 0.15) is 35.5 Å². The molecule has 1 spiro atoms. The molecule has 170 valence electrons. The van der Waals surface area contributed by atoms with Crippen molar-refractivity contribution in [2.75, 3.05) is 30.4 Å². The highest BCUT2D eigenvalue weighted by molar-refractivity contribution is 7.99. The van der Waals surface area contributed by atoms with Gasteiger partial charge < -0.3 is 10.2 Å². The van der Waals surface area contributed by atoms with Crippen molar-refractivity contribution in [3.63, 3.8) is 0 Å². The van der Waals surface area contributed by atoms with Gasteiger partial charge in [0.15, 0.2) is 5.65 Å². The molecule has 0 bridgehead atoms. The highest BCUT2D eigenvalue weighted by Gasteiger charge is 2.45. The van der Waals surface area contributed by atoms with Crippen molar-refractivity contribution in [2.45, 2.75) is 41.8 Å². The highest BCUT2D eigenvalue weighted by Crippen LogP contribution is 2.51. The van der Waals surface area contributed by atoms with Crippen LogP contribution in [0.4, 0.5) is 11.8 Å². The number of pyridine rings is 2. The molecule has 9 heteroatoms. The molecule has 2 radical (unpaired) electrons. The topological polar surface area (TPSA) is 71.2 Å². The molecule has 1 unspecified atom stereocenters. The van der Waals surface area contributed by atoms with E-state index in [9.17, 15) is 0 Å². The standard InChI is InChI=1S/C25H26BN7S/c1-16-19(5-9-29-22(16)27-2)34-20-15-31-24(33-13-10-30-23(20)33)32-11-6-25(7-12-32)14-18-17(21(25)26)4-3-8-28-18/h3-5,8-10,13,15,21H,6-7,11-12,14H2,1-2H3,(H,27,29). The van der Waals surface area contributed by atoms with Gasteiger partial charge in [0.25, 0.3) is 0 Å². The first-order chi connectivity index (χ1) is 16.6. The van der Waals surface area contributed by atoms with Crippen molar-refractivity contribution in [2.24, 2.45) is 5.41 Å². The summed E-state index contributed by atoms with van der Waals surface area (Å²) in [5, 5.41) is 3.15. The van der Waals surface area contributed by atoms with E-state index in [0.717, 1.165) is 65.1 Å². The summed E-state index contributed by atoms with van der Waals surface area (Å²) in [5.41, 5.74) is 4.54. The van der Waals surface area contributed by atoms with Crippen LogP contribution in [0.3, 0.4) is 0 Å². The van der Waals surface area contributed by atoms with E-state index in [-0.39, 0.29) is 11.2 Å². The third kappa shape index (κ3) is 3.36. The molecule has 1 saturated heterocycles. The van der Waals surface area contributed by atoms with Crippen LogP contribution >= 0.6 is 11.8 Å². The molecule has 5 heterocycles. The Morgan fingerprint density at radius 2 is 1.91 bits per heavy atom. The summed E-state index contributed by atoms with van der Waals surface area (Å²) in [7, 11) is 8.63. The van der Waals surface area contributed by atoms with Crippen molar-refractivity contribution >= 4 is 37.0 Å². The molecule has 0 amide bonds. The molecule has 34 heavy (non-hydrogen) atoms. The maximum atomic E-state index is 6.74. The number of piperidine rings is 1. The lowest BCUT2D eigenvalue weighted by atomic mass is 9.61. The van der Waals surface area contributed by atoms with Crippen LogP contribution in [-0.2, 0) is 6.42 Å². The second kappa shape index (κ2) is 8.30. The molecule has 1 atom stereocenters. The number of hydrogen-bond acceptors (Lipinski definition) is 7. The first-order valence-corrected chi connectivity index (χ1v) is 12.5. The highest BCUT2D eigenvalue weighted by atomic mass is 32.2. The molecule has 6 rings (SSSR count). The zero-order valence-electron chi connectivity index (χ0n) is 19.4. The molecule has 1 aliphatic carbocycles. The van der Waals surface area contributed by atoms with Gasteiger partial charge in [-0.25, -0.2) is 15.0 Å². The zero-order valence-corrected chi connectivity index (χ0v) is 20.2. The Hall–Kier alpha value is -3.07. The third-order valence-corrected chi connectivity index (χ3v) is 8.64. The van der Waals surface area contributed by atoms with Crippen molar-refractivity contribution in [3.8, 4) is 0 Å². The average Bonchev–Trinajstić information content (AvgIpc) is 3.46. The molecule has 1 aliphatic heterocycles. The molecule has 0 aromatic carbocycles. The minimum atomic E-state index is 0.0597. The fraction of sp³-hybridized carbons (Fsp3) is 0.360. The summed E-state index contributed by atoms with van der Waals surface area (Å²) >= 11 is 1.67. The molecule has 4 aromatic heterocycles. The van der Waals surface area contributed by atoms with Crippen molar-refractivity contribution in [3.05, 3.63) is 66.0 Å². The molecule has 2 aliphatic rings. The van der Waals surface area contributed by atoms with Gasteiger partial charge in [0.1, 0.15) is 5.82 Å². The van der Waals surface area contributed by atoms with Crippen LogP contribution in [0.2, 0.25) is 0 Å². The number of nitrogens with zero attached hydrogens (tertiary/aromatic N) is 6. The lowest BCUT2D eigenvalue weighted by Gasteiger charge is -2.43. The second-order valence-corrected chi connectivity index (χ2v) is 10.3. The summed E-state index contributed by atoms with van der Waals surface area (Å²) in [6.07, 6.45) is 12.6. The Morgan fingerprint density at radius 1 is 1.06 bits per heavy atom. The van der Waals surface area contributed by atoms with Crippen LogP contribution in [0.5, 0.6) is 0 Å². The fourth-order valence-electron chi connectivity index (χ4n) is 5.48. The number of nitrogens with one attached hydrogen (secondary N) is 1. The summed E-state index contributed by atoms with van der Waals surface area (Å²) < 4.78 is 2.11. The lowest BCUT2D eigenvalue weighted by molar-refractivity contribution is 0.222. The molecule has 1 fully saturated rings. The van der Waals surface area contributed by atoms with Crippen molar-refractivity contribution < 1.29 is 0 Å². The number of fused-ring (bicyclic) bond motifs is 2. The summed E-state index contributed by atoms with van der Waals surface area (Å²) in [6, 6.07) is 6.18. The number of anilines is 2. The summed E-state index contributed by atoms with van der Waals surface area (Å²) in [5.74, 6) is 1.89. The normalized spacial score (nSPS) is 19.0. The average molecular weight is 467 g/mol. The largest absolute Gasteiger partial charge is 0.373 e. The van der Waals surface area contributed by atoms with E-state index < -0.39 is 0 Å². The Bertz CT molecular complexity index is 1360. The van der Waals surface area contributed by atoms with Crippen LogP contribution < -0.4 is 10.2 Å². The number of rotatable bonds is 4. The van der Waals surface area contributed by atoms with Gasteiger partial charge in [0.05, 0.1) is 12.7 Å². The molecule has 0 saturated carbocycles. The predicted octanol–water partition coefficient (Wildman–Crippen LogP) is 4.07. The first-order valence-electron chi connectivity index (χ1n) is 11.7. The fourth-order valence-corrected chi connectivity index (χ4v) is 6.45. The van der Waals surface area contributed by atoms with Crippen LogP contribution in [0.25, 0.3) is 5.65 Å². The van der Waals surface area contributed by atoms with E-state index in [1.807, 2.05) is 50.2 Å². The molecule has 7 nitrogen and oxygen atoms in total. The smallest absolute Gasteiger partial charge is 0.211 e. The Kier molecular flexibility index (Phi) is 5.24. The van der Waals surface area contributed by atoms with Gasteiger partial charge >= 0.3 is 0 Å². The van der Waals surface area contributed by atoms with E-state index in [1.54, 1.807) is 11.8 Å². The SMILES string of the molecule is [B]C1c2cccnc2CC12CCN(c1ncc(Sc3ccnc(NC)c3C)c3nccn13)CC2. The summed E-state index contributed by atoms with van der Waals surface area (Å²) in [4.78, 5) is 23.1. The Morgan fingerprint density at radius 3 is 2.71 bits per heavy atom. The third-order valence-electron chi connectivity index (χ3n) is 7.47. The lowest BCUT2D eigenvalue weighted by Crippen LogP contribution is -2.43. The Labute approximate surface area is 204 Å². The zero-order chi connectivity index (χ0) is 23.3. The monoisotopic (exact) mass is 467 g/mol. The quantitative estimate of drug-likeness (QED) is 0.454. The van der Waals surface area contributed by atoms with Gasteiger partial charge in [-0.3, -0.25) is 9.38 Å². The maximum Gasteiger partial charge on any atom is 0.211 e. The number of hydrogen-bond donors (Lipinski definition) is 1. The molecule has 4 aromatic rings. The number of aromatic nitrogens is 5. The van der Waals surface area contributed by atoms with Gasteiger partial charge in [-0.15, -0.1) is 0 Å². The maximum absolute atomic E-state index is 6.74. The molecular weight excluding hydrogens is 441 g/mol. The molecule has 1 N–H and O–H groups in total. The van der Waals surface area contributed by atoms with Crippen molar-refractivity contribution in [1.82, 2.24) is 24.3 Å². The minimum Gasteiger partial charge on any atom is -0.373 e. The van der Waals surface area contributed by atoms with E-state index in [1.165, 1.54) is 11.3 Å². The van der Waals surface area contributed by atoms with E-state index in [0.29, 0.717) is 0 Å². The van der Waals surface area contributed by atoms with Crippen LogP contribution in [0.15, 0.2) is 59.0 Å². The predicted molar refractivity (Wildman–Crippen MR) is 136 cm³/mol. The van der Waals surface area contributed by atoms with E-state index in [4.69, 9.17) is 12.8 Å². The molecular formula is C25H26BN7S. The summed E-state index contributed by atoms with van der Waals surface area (Å²) in [6.45, 7) is 3.92. The van der Waals surface area contributed by atoms with Crippen LogP contribution in [-0.4, -0.2) is 52.3 Å². The van der Waals surface area contributed by atoms with E-state index in [2.05, 4.69) is 42.6 Å². The van der Waals surface area contributed by atoms with Gasteiger partial charge in [-0.2, -0.15) is 0 Å². The Balaban J connectivity index is 1.25. The minimum absolute atomic E-state index is 0.0597. The van der Waals surface area contributed by atoms with Gasteiger partial charge in [-0.1, -0.05) is 17.8 Å². The van der Waals surface area contributed by atoms with E-state index >= 15 is 0 Å².